The highest BCUT2D eigenvalue weighted by molar-refractivity contribution is 6.03. The van der Waals surface area contributed by atoms with Crippen LogP contribution in [0.3, 0.4) is 0 Å². The number of aryl methyl sites for hydroxylation is 1. The predicted molar refractivity (Wildman–Crippen MR) is 105 cm³/mol. The number of carbonyl (C=O) groups excluding carboxylic acids is 3. The van der Waals surface area contributed by atoms with Crippen LogP contribution in [0.15, 0.2) is 41.0 Å². The third-order valence-electron chi connectivity index (χ3n) is 4.57. The molecule has 2 aromatic rings. The van der Waals surface area contributed by atoms with Gasteiger partial charge in [0.25, 0.3) is 11.8 Å². The Kier molecular flexibility index (Phi) is 6.33. The van der Waals surface area contributed by atoms with Gasteiger partial charge in [0.1, 0.15) is 0 Å². The lowest BCUT2D eigenvalue weighted by Gasteiger charge is -2.35. The Hall–Kier alpha value is -3.13. The Morgan fingerprint density at radius 3 is 2.55 bits per heavy atom. The van der Waals surface area contributed by atoms with Crippen LogP contribution in [-0.2, 0) is 14.3 Å². The second-order valence-electron chi connectivity index (χ2n) is 7.09. The van der Waals surface area contributed by atoms with Crippen LogP contribution < -0.4 is 5.32 Å². The number of benzene rings is 1. The topological polar surface area (TPSA) is 98.1 Å². The molecule has 1 N–H and O–H groups in total. The molecule has 1 saturated heterocycles. The Balaban J connectivity index is 1.60. The van der Waals surface area contributed by atoms with Crippen LogP contribution in [0, 0.1) is 6.92 Å². The number of nitrogens with one attached hydrogen (secondary N) is 1. The van der Waals surface area contributed by atoms with E-state index in [0.717, 1.165) is 5.56 Å². The maximum atomic E-state index is 12.4. The molecule has 0 bridgehead atoms. The number of esters is 1. The van der Waals surface area contributed by atoms with Gasteiger partial charge in [-0.25, -0.2) is 4.79 Å². The van der Waals surface area contributed by atoms with E-state index in [2.05, 4.69) is 5.32 Å². The number of furan rings is 1. The normalized spacial score (nSPS) is 18.9. The number of carbonyl (C=O) groups is 3. The summed E-state index contributed by atoms with van der Waals surface area (Å²) in [5.41, 5.74) is 1.47. The number of anilines is 1. The fourth-order valence-corrected chi connectivity index (χ4v) is 3.16. The van der Waals surface area contributed by atoms with Gasteiger partial charge in [-0.05, 0) is 50.6 Å². The van der Waals surface area contributed by atoms with E-state index in [1.807, 2.05) is 13.8 Å². The fraction of sp³-hybridized carbons (Fsp3) is 0.381. The van der Waals surface area contributed by atoms with E-state index in [9.17, 15) is 14.4 Å². The van der Waals surface area contributed by atoms with Crippen molar-refractivity contribution in [2.45, 2.75) is 33.0 Å². The van der Waals surface area contributed by atoms with Crippen molar-refractivity contribution >= 4 is 23.5 Å². The Morgan fingerprint density at radius 2 is 1.90 bits per heavy atom. The first-order chi connectivity index (χ1) is 13.8. The van der Waals surface area contributed by atoms with Gasteiger partial charge in [0.05, 0.1) is 24.0 Å². The zero-order valence-electron chi connectivity index (χ0n) is 16.6. The predicted octanol–water partition coefficient (Wildman–Crippen LogP) is 2.63. The molecule has 0 aliphatic carbocycles. The number of amides is 2. The molecule has 1 aliphatic rings. The molecule has 8 nitrogen and oxygen atoms in total. The fourth-order valence-electron chi connectivity index (χ4n) is 3.16. The molecule has 2 heterocycles. The highest BCUT2D eigenvalue weighted by atomic mass is 16.5. The zero-order valence-corrected chi connectivity index (χ0v) is 16.6. The minimum atomic E-state index is -0.638. The van der Waals surface area contributed by atoms with Gasteiger partial charge >= 0.3 is 5.97 Å². The van der Waals surface area contributed by atoms with Gasteiger partial charge in [-0.2, -0.15) is 0 Å². The SMILES string of the molecule is Cc1ccc(C(=O)OCC(=O)N2C[C@H](C)O[C@@H](C)C2)cc1NC(=O)c1ccco1. The van der Waals surface area contributed by atoms with E-state index in [4.69, 9.17) is 13.9 Å². The molecule has 1 fully saturated rings. The third kappa shape index (κ3) is 5.23. The van der Waals surface area contributed by atoms with E-state index >= 15 is 0 Å². The summed E-state index contributed by atoms with van der Waals surface area (Å²) < 4.78 is 15.9. The second-order valence-corrected chi connectivity index (χ2v) is 7.09. The molecule has 1 aromatic carbocycles. The van der Waals surface area contributed by atoms with Crippen molar-refractivity contribution in [1.29, 1.82) is 0 Å². The van der Waals surface area contributed by atoms with Crippen LogP contribution in [0.5, 0.6) is 0 Å². The van der Waals surface area contributed by atoms with Crippen LogP contribution >= 0.6 is 0 Å². The number of ether oxygens (including phenoxy) is 2. The quantitative estimate of drug-likeness (QED) is 0.775. The van der Waals surface area contributed by atoms with Gasteiger partial charge in [-0.15, -0.1) is 0 Å². The molecular weight excluding hydrogens is 376 g/mol. The van der Waals surface area contributed by atoms with Gasteiger partial charge in [0.2, 0.25) is 0 Å². The summed E-state index contributed by atoms with van der Waals surface area (Å²) in [5, 5.41) is 2.70. The average molecular weight is 400 g/mol. The first-order valence-electron chi connectivity index (χ1n) is 9.39. The maximum Gasteiger partial charge on any atom is 0.338 e. The molecule has 154 valence electrons. The van der Waals surface area contributed by atoms with Crippen molar-refractivity contribution in [1.82, 2.24) is 4.90 Å². The number of nitrogens with zero attached hydrogens (tertiary/aromatic N) is 1. The molecule has 1 aliphatic heterocycles. The molecule has 0 radical (unpaired) electrons. The lowest BCUT2D eigenvalue weighted by atomic mass is 10.1. The monoisotopic (exact) mass is 400 g/mol. The van der Waals surface area contributed by atoms with Crippen molar-refractivity contribution in [2.75, 3.05) is 25.0 Å². The summed E-state index contributed by atoms with van der Waals surface area (Å²) in [4.78, 5) is 38.5. The van der Waals surface area contributed by atoms with Gasteiger partial charge in [0, 0.05) is 18.8 Å². The summed E-state index contributed by atoms with van der Waals surface area (Å²) in [5.74, 6) is -1.16. The van der Waals surface area contributed by atoms with Gasteiger partial charge in [-0.3, -0.25) is 9.59 Å². The van der Waals surface area contributed by atoms with Gasteiger partial charge < -0.3 is 24.1 Å². The van der Waals surface area contributed by atoms with Crippen LogP contribution in [0.2, 0.25) is 0 Å². The van der Waals surface area contributed by atoms with Crippen molar-refractivity contribution in [3.8, 4) is 0 Å². The smallest absolute Gasteiger partial charge is 0.338 e. The largest absolute Gasteiger partial charge is 0.459 e. The van der Waals surface area contributed by atoms with Crippen LogP contribution in [0.1, 0.15) is 40.3 Å². The summed E-state index contributed by atoms with van der Waals surface area (Å²) in [6, 6.07) is 7.96. The first-order valence-corrected chi connectivity index (χ1v) is 9.39. The summed E-state index contributed by atoms with van der Waals surface area (Å²) in [6.45, 7) is 6.18. The van der Waals surface area contributed by atoms with E-state index in [1.54, 1.807) is 36.1 Å². The van der Waals surface area contributed by atoms with Crippen molar-refractivity contribution in [3.05, 3.63) is 53.5 Å². The molecule has 3 rings (SSSR count). The van der Waals surface area contributed by atoms with E-state index < -0.39 is 11.9 Å². The second kappa shape index (κ2) is 8.91. The Labute approximate surface area is 168 Å². The molecule has 1 aromatic heterocycles. The zero-order chi connectivity index (χ0) is 21.0. The number of hydrogen-bond acceptors (Lipinski definition) is 6. The highest BCUT2D eigenvalue weighted by Gasteiger charge is 2.26. The molecule has 0 unspecified atom stereocenters. The standard InChI is InChI=1S/C21H24N2O6/c1-13-6-7-16(9-17(13)22-20(25)18-5-4-8-27-18)21(26)28-12-19(24)23-10-14(2)29-15(3)11-23/h4-9,14-15H,10-12H2,1-3H3,(H,22,25)/t14-,15-/m0/s1. The van der Waals surface area contributed by atoms with Crippen LogP contribution in [0.4, 0.5) is 5.69 Å². The Bertz CT molecular complexity index is 883. The molecule has 29 heavy (non-hydrogen) atoms. The van der Waals surface area contributed by atoms with E-state index in [-0.39, 0.29) is 36.0 Å². The maximum absolute atomic E-state index is 12.4. The summed E-state index contributed by atoms with van der Waals surface area (Å²) >= 11 is 0. The Morgan fingerprint density at radius 1 is 1.17 bits per heavy atom. The molecule has 0 spiro atoms. The van der Waals surface area contributed by atoms with Gasteiger partial charge in [-0.1, -0.05) is 6.07 Å². The lowest BCUT2D eigenvalue weighted by Crippen LogP contribution is -2.49. The number of morpholine rings is 1. The summed E-state index contributed by atoms with van der Waals surface area (Å²) in [6.07, 6.45) is 1.29. The van der Waals surface area contributed by atoms with E-state index in [0.29, 0.717) is 18.8 Å². The van der Waals surface area contributed by atoms with E-state index in [1.165, 1.54) is 12.3 Å². The average Bonchev–Trinajstić information content (AvgIpc) is 3.21. The third-order valence-corrected chi connectivity index (χ3v) is 4.57. The van der Waals surface area contributed by atoms with Crippen molar-refractivity contribution < 1.29 is 28.3 Å². The number of rotatable bonds is 5. The molecular formula is C21H24N2O6. The van der Waals surface area contributed by atoms with Gasteiger partial charge in [0.15, 0.2) is 12.4 Å². The summed E-state index contributed by atoms with van der Waals surface area (Å²) in [7, 11) is 0. The van der Waals surface area contributed by atoms with Crippen LogP contribution in [-0.4, -0.2) is 54.6 Å². The number of hydrogen-bond donors (Lipinski definition) is 1. The highest BCUT2D eigenvalue weighted by Crippen LogP contribution is 2.19. The van der Waals surface area contributed by atoms with Crippen molar-refractivity contribution in [3.63, 3.8) is 0 Å². The molecule has 0 saturated carbocycles. The first kappa shape index (κ1) is 20.6. The minimum absolute atomic E-state index is 0.0594. The lowest BCUT2D eigenvalue weighted by molar-refractivity contribution is -0.146. The van der Waals surface area contributed by atoms with Crippen LogP contribution in [0.25, 0.3) is 0 Å². The molecule has 2 atom stereocenters. The molecule has 8 heteroatoms. The minimum Gasteiger partial charge on any atom is -0.459 e. The van der Waals surface area contributed by atoms with Crippen molar-refractivity contribution in [2.24, 2.45) is 0 Å². The molecule has 2 amide bonds.